The Balaban J connectivity index is 2.51. The first-order valence-corrected chi connectivity index (χ1v) is 5.74. The van der Waals surface area contributed by atoms with Gasteiger partial charge in [-0.05, 0) is 39.7 Å². The molecular weight excluding hydrogens is 198 g/mol. The fraction of sp³-hybridized carbons (Fsp3) is 1.00. The fourth-order valence-electron chi connectivity index (χ4n) is 2.27. The lowest BCUT2D eigenvalue weighted by molar-refractivity contribution is 0.0980. The molecule has 0 aromatic rings. The molecule has 1 aliphatic heterocycles. The Morgan fingerprint density at radius 1 is 1.27 bits per heavy atom. The number of hydrogen-bond acceptors (Lipinski definition) is 2. The number of rotatable bonds is 3. The quantitative estimate of drug-likeness (QED) is 0.790. The van der Waals surface area contributed by atoms with E-state index in [1.54, 1.807) is 0 Å². The van der Waals surface area contributed by atoms with E-state index in [1.807, 2.05) is 0 Å². The molecule has 2 nitrogen and oxygen atoms in total. The van der Waals surface area contributed by atoms with Gasteiger partial charge < -0.3 is 10.6 Å². The summed E-state index contributed by atoms with van der Waals surface area (Å²) in [6.45, 7) is 6.11. The summed E-state index contributed by atoms with van der Waals surface area (Å²) < 4.78 is 24.7. The smallest absolute Gasteiger partial charge is 0.240 e. The monoisotopic (exact) mass is 220 g/mol. The van der Waals surface area contributed by atoms with E-state index >= 15 is 0 Å². The zero-order valence-corrected chi connectivity index (χ0v) is 9.68. The third kappa shape index (κ3) is 4.03. The van der Waals surface area contributed by atoms with Crippen molar-refractivity contribution in [2.45, 2.75) is 57.5 Å². The minimum Gasteiger partial charge on any atom is -0.325 e. The molecule has 1 fully saturated rings. The Morgan fingerprint density at radius 3 is 2.47 bits per heavy atom. The topological polar surface area (TPSA) is 29.3 Å². The van der Waals surface area contributed by atoms with Crippen LogP contribution in [0.5, 0.6) is 0 Å². The minimum atomic E-state index is -2.28. The van der Waals surface area contributed by atoms with Crippen LogP contribution in [0.4, 0.5) is 8.78 Å². The van der Waals surface area contributed by atoms with E-state index in [9.17, 15) is 8.78 Å². The highest BCUT2D eigenvalue weighted by molar-refractivity contribution is 4.89. The number of alkyl halides is 2. The van der Waals surface area contributed by atoms with Crippen molar-refractivity contribution in [2.24, 2.45) is 5.73 Å². The molecule has 0 amide bonds. The van der Waals surface area contributed by atoms with Gasteiger partial charge in [0.25, 0.3) is 0 Å². The third-order valence-corrected chi connectivity index (χ3v) is 3.31. The molecule has 0 unspecified atom stereocenters. The van der Waals surface area contributed by atoms with E-state index in [-0.39, 0.29) is 6.42 Å². The zero-order chi connectivity index (χ0) is 11.5. The first kappa shape index (κ1) is 12.8. The molecule has 0 radical (unpaired) electrons. The normalized spacial score (nSPS) is 29.8. The predicted molar refractivity (Wildman–Crippen MR) is 58.1 cm³/mol. The molecule has 1 rings (SSSR count). The standard InChI is InChI=1S/C11H22F2N2/c1-9(2)15-6-3-4-11(14,5-7-15)8-10(12)13/h9-10H,3-8,14H2,1-2H3/t11-/m1/s1. The van der Waals surface area contributed by atoms with Crippen molar-refractivity contribution in [3.63, 3.8) is 0 Å². The summed E-state index contributed by atoms with van der Waals surface area (Å²) in [6.07, 6.45) is -0.0863. The van der Waals surface area contributed by atoms with Gasteiger partial charge in [-0.1, -0.05) is 0 Å². The van der Waals surface area contributed by atoms with Crippen molar-refractivity contribution in [2.75, 3.05) is 13.1 Å². The predicted octanol–water partition coefficient (Wildman–Crippen LogP) is 2.23. The molecule has 0 aromatic carbocycles. The van der Waals surface area contributed by atoms with E-state index < -0.39 is 12.0 Å². The van der Waals surface area contributed by atoms with Gasteiger partial charge in [0.15, 0.2) is 0 Å². The van der Waals surface area contributed by atoms with E-state index in [4.69, 9.17) is 5.73 Å². The summed E-state index contributed by atoms with van der Waals surface area (Å²) >= 11 is 0. The second-order valence-electron chi connectivity index (χ2n) is 4.94. The zero-order valence-electron chi connectivity index (χ0n) is 9.68. The van der Waals surface area contributed by atoms with Crippen molar-refractivity contribution < 1.29 is 8.78 Å². The van der Waals surface area contributed by atoms with Gasteiger partial charge >= 0.3 is 0 Å². The maximum Gasteiger partial charge on any atom is 0.240 e. The second kappa shape index (κ2) is 5.21. The average molecular weight is 220 g/mol. The Bertz CT molecular complexity index is 197. The minimum absolute atomic E-state index is 0.154. The largest absolute Gasteiger partial charge is 0.325 e. The average Bonchev–Trinajstić information content (AvgIpc) is 2.25. The van der Waals surface area contributed by atoms with Crippen LogP contribution < -0.4 is 5.73 Å². The maximum absolute atomic E-state index is 12.4. The van der Waals surface area contributed by atoms with Crippen LogP contribution in [-0.4, -0.2) is 36.0 Å². The fourth-order valence-corrected chi connectivity index (χ4v) is 2.27. The van der Waals surface area contributed by atoms with E-state index in [1.165, 1.54) is 0 Å². The summed E-state index contributed by atoms with van der Waals surface area (Å²) in [5.41, 5.74) is 5.37. The van der Waals surface area contributed by atoms with Crippen LogP contribution in [-0.2, 0) is 0 Å². The molecule has 0 saturated carbocycles. The maximum atomic E-state index is 12.4. The molecule has 0 spiro atoms. The molecular formula is C11H22F2N2. The van der Waals surface area contributed by atoms with Crippen LogP contribution >= 0.6 is 0 Å². The highest BCUT2D eigenvalue weighted by atomic mass is 19.3. The highest BCUT2D eigenvalue weighted by Crippen LogP contribution is 2.26. The number of hydrogen-bond donors (Lipinski definition) is 1. The van der Waals surface area contributed by atoms with Crippen molar-refractivity contribution in [3.8, 4) is 0 Å². The lowest BCUT2D eigenvalue weighted by Gasteiger charge is -2.28. The number of halogens is 2. The Hall–Kier alpha value is -0.220. The Labute approximate surface area is 90.8 Å². The van der Waals surface area contributed by atoms with E-state index in [0.29, 0.717) is 12.5 Å². The van der Waals surface area contributed by atoms with Crippen molar-refractivity contribution in [1.82, 2.24) is 4.90 Å². The number of nitrogens with zero attached hydrogens (tertiary/aromatic N) is 1. The Morgan fingerprint density at radius 2 is 1.93 bits per heavy atom. The van der Waals surface area contributed by atoms with Gasteiger partial charge in [0.1, 0.15) is 0 Å². The van der Waals surface area contributed by atoms with Gasteiger partial charge in [-0.2, -0.15) is 0 Å². The van der Waals surface area contributed by atoms with Gasteiger partial charge in [0.2, 0.25) is 6.43 Å². The molecule has 4 heteroatoms. The molecule has 0 aromatic heterocycles. The lowest BCUT2D eigenvalue weighted by atomic mass is 9.88. The molecule has 0 bridgehead atoms. The molecule has 1 atom stereocenters. The van der Waals surface area contributed by atoms with Crippen LogP contribution in [0.2, 0.25) is 0 Å². The van der Waals surface area contributed by atoms with Gasteiger partial charge in [-0.3, -0.25) is 0 Å². The first-order chi connectivity index (χ1) is 6.93. The van der Waals surface area contributed by atoms with Gasteiger partial charge in [-0.25, -0.2) is 8.78 Å². The molecule has 90 valence electrons. The molecule has 0 aliphatic carbocycles. The first-order valence-electron chi connectivity index (χ1n) is 5.74. The van der Waals surface area contributed by atoms with Crippen molar-refractivity contribution >= 4 is 0 Å². The third-order valence-electron chi connectivity index (χ3n) is 3.31. The molecule has 15 heavy (non-hydrogen) atoms. The highest BCUT2D eigenvalue weighted by Gasteiger charge is 2.31. The summed E-state index contributed by atoms with van der Waals surface area (Å²) in [4.78, 5) is 2.32. The summed E-state index contributed by atoms with van der Waals surface area (Å²) in [6, 6.07) is 0.485. The molecule has 2 N–H and O–H groups in total. The van der Waals surface area contributed by atoms with E-state index in [0.717, 1.165) is 25.9 Å². The molecule has 1 saturated heterocycles. The van der Waals surface area contributed by atoms with Crippen LogP contribution in [0.3, 0.4) is 0 Å². The van der Waals surface area contributed by atoms with Gasteiger partial charge in [0, 0.05) is 24.5 Å². The van der Waals surface area contributed by atoms with Crippen molar-refractivity contribution in [1.29, 1.82) is 0 Å². The van der Waals surface area contributed by atoms with Gasteiger partial charge in [0.05, 0.1) is 0 Å². The summed E-state index contributed by atoms with van der Waals surface area (Å²) in [5.74, 6) is 0. The van der Waals surface area contributed by atoms with E-state index in [2.05, 4.69) is 18.7 Å². The van der Waals surface area contributed by atoms with Crippen LogP contribution in [0.25, 0.3) is 0 Å². The summed E-state index contributed by atoms with van der Waals surface area (Å²) in [7, 11) is 0. The molecule has 1 heterocycles. The summed E-state index contributed by atoms with van der Waals surface area (Å²) in [5, 5.41) is 0. The van der Waals surface area contributed by atoms with Crippen molar-refractivity contribution in [3.05, 3.63) is 0 Å². The lowest BCUT2D eigenvalue weighted by Crippen LogP contribution is -2.43. The molecule has 1 aliphatic rings. The number of nitrogens with two attached hydrogens (primary N) is 1. The Kier molecular flexibility index (Phi) is 4.46. The van der Waals surface area contributed by atoms with Gasteiger partial charge in [-0.15, -0.1) is 0 Å². The van der Waals surface area contributed by atoms with Crippen LogP contribution in [0.1, 0.15) is 39.5 Å². The van der Waals surface area contributed by atoms with Crippen LogP contribution in [0.15, 0.2) is 0 Å². The number of likely N-dealkylation sites (tertiary alicyclic amines) is 1. The second-order valence-corrected chi connectivity index (χ2v) is 4.94. The van der Waals surface area contributed by atoms with Crippen LogP contribution in [0, 0.1) is 0 Å². The SMILES string of the molecule is CC(C)N1CCC[C@](N)(CC(F)F)CC1.